The van der Waals surface area contributed by atoms with E-state index >= 15 is 0 Å². The van der Waals surface area contributed by atoms with Crippen LogP contribution in [0.5, 0.6) is 11.5 Å². The Hall–Kier alpha value is -1.26. The molecule has 4 heteroatoms. The van der Waals surface area contributed by atoms with Gasteiger partial charge in [-0.25, -0.2) is 0 Å². The van der Waals surface area contributed by atoms with E-state index in [4.69, 9.17) is 9.47 Å². The van der Waals surface area contributed by atoms with Gasteiger partial charge in [0.05, 0.1) is 14.2 Å². The lowest BCUT2D eigenvalue weighted by Gasteiger charge is -2.39. The molecule has 122 valence electrons. The Morgan fingerprint density at radius 1 is 1.09 bits per heavy atom. The van der Waals surface area contributed by atoms with E-state index in [1.807, 2.05) is 6.07 Å². The number of nitrogens with zero attached hydrogens (tertiary/aromatic N) is 1. The topological polar surface area (TPSA) is 33.7 Å². The lowest BCUT2D eigenvalue weighted by Crippen LogP contribution is -2.46. The predicted octanol–water partition coefficient (Wildman–Crippen LogP) is 2.84. The molecule has 0 bridgehead atoms. The van der Waals surface area contributed by atoms with Gasteiger partial charge in [0.2, 0.25) is 0 Å². The van der Waals surface area contributed by atoms with Crippen molar-refractivity contribution in [3.05, 3.63) is 23.8 Å². The Bertz CT molecular complexity index is 480. The zero-order valence-corrected chi connectivity index (χ0v) is 13.8. The Morgan fingerprint density at radius 2 is 1.82 bits per heavy atom. The molecule has 0 spiro atoms. The first kappa shape index (κ1) is 15.6. The summed E-state index contributed by atoms with van der Waals surface area (Å²) < 4.78 is 11.3. The molecule has 1 heterocycles. The van der Waals surface area contributed by atoms with Gasteiger partial charge >= 0.3 is 0 Å². The molecule has 2 aliphatic rings. The van der Waals surface area contributed by atoms with Crippen LogP contribution in [0.4, 0.5) is 0 Å². The Labute approximate surface area is 133 Å². The van der Waals surface area contributed by atoms with Gasteiger partial charge in [-0.3, -0.25) is 4.90 Å². The van der Waals surface area contributed by atoms with E-state index in [2.05, 4.69) is 22.3 Å². The van der Waals surface area contributed by atoms with Crippen LogP contribution in [0.25, 0.3) is 0 Å². The molecule has 3 rings (SSSR count). The zero-order valence-electron chi connectivity index (χ0n) is 13.8. The van der Waals surface area contributed by atoms with Crippen molar-refractivity contribution in [2.24, 2.45) is 5.92 Å². The molecule has 1 aromatic carbocycles. The second kappa shape index (κ2) is 7.34. The van der Waals surface area contributed by atoms with Crippen molar-refractivity contribution < 1.29 is 9.47 Å². The highest BCUT2D eigenvalue weighted by atomic mass is 16.5. The monoisotopic (exact) mass is 304 g/mol. The van der Waals surface area contributed by atoms with Gasteiger partial charge in [0.15, 0.2) is 11.5 Å². The number of para-hydroxylation sites is 1. The van der Waals surface area contributed by atoms with Gasteiger partial charge < -0.3 is 14.8 Å². The predicted molar refractivity (Wildman–Crippen MR) is 88.7 cm³/mol. The van der Waals surface area contributed by atoms with Crippen molar-refractivity contribution in [3.8, 4) is 11.5 Å². The maximum Gasteiger partial charge on any atom is 0.165 e. The highest BCUT2D eigenvalue weighted by Gasteiger charge is 2.34. The van der Waals surface area contributed by atoms with Crippen LogP contribution >= 0.6 is 0 Å². The third kappa shape index (κ3) is 3.08. The van der Waals surface area contributed by atoms with Crippen molar-refractivity contribution in [2.45, 2.75) is 31.7 Å². The summed E-state index contributed by atoms with van der Waals surface area (Å²) >= 11 is 0. The summed E-state index contributed by atoms with van der Waals surface area (Å²) in [6.45, 7) is 4.38. The fourth-order valence-electron chi connectivity index (χ4n) is 4.13. The number of methoxy groups -OCH3 is 2. The molecule has 1 N–H and O–H groups in total. The van der Waals surface area contributed by atoms with E-state index < -0.39 is 0 Å². The Kier molecular flexibility index (Phi) is 5.21. The van der Waals surface area contributed by atoms with Crippen molar-refractivity contribution in [1.82, 2.24) is 10.2 Å². The first-order valence-electron chi connectivity index (χ1n) is 8.51. The van der Waals surface area contributed by atoms with Gasteiger partial charge in [-0.05, 0) is 24.8 Å². The van der Waals surface area contributed by atoms with Crippen LogP contribution in [-0.2, 0) is 0 Å². The van der Waals surface area contributed by atoms with Gasteiger partial charge in [-0.2, -0.15) is 0 Å². The largest absolute Gasteiger partial charge is 0.493 e. The summed E-state index contributed by atoms with van der Waals surface area (Å²) in [5, 5.41) is 3.47. The lowest BCUT2D eigenvalue weighted by molar-refractivity contribution is 0.122. The average Bonchev–Trinajstić information content (AvgIpc) is 3.10. The Balaban J connectivity index is 1.97. The summed E-state index contributed by atoms with van der Waals surface area (Å²) in [5.74, 6) is 2.50. The molecule has 1 aromatic rings. The summed E-state index contributed by atoms with van der Waals surface area (Å²) in [7, 11) is 3.47. The van der Waals surface area contributed by atoms with E-state index in [-0.39, 0.29) is 0 Å². The van der Waals surface area contributed by atoms with Gasteiger partial charge in [0.25, 0.3) is 0 Å². The highest BCUT2D eigenvalue weighted by molar-refractivity contribution is 5.48. The third-order valence-corrected chi connectivity index (χ3v) is 5.14. The number of benzene rings is 1. The van der Waals surface area contributed by atoms with Gasteiger partial charge in [-0.1, -0.05) is 25.0 Å². The molecule has 1 aliphatic carbocycles. The summed E-state index contributed by atoms with van der Waals surface area (Å²) in [6.07, 6.45) is 5.38. The molecule has 2 fully saturated rings. The molecule has 22 heavy (non-hydrogen) atoms. The van der Waals surface area contributed by atoms with Crippen LogP contribution < -0.4 is 14.8 Å². The molecular formula is C18H28N2O2. The number of piperazine rings is 1. The smallest absolute Gasteiger partial charge is 0.165 e. The van der Waals surface area contributed by atoms with Crippen molar-refractivity contribution in [2.75, 3.05) is 40.4 Å². The fourth-order valence-corrected chi connectivity index (χ4v) is 4.13. The lowest BCUT2D eigenvalue weighted by atomic mass is 9.89. The van der Waals surface area contributed by atoms with Crippen molar-refractivity contribution in [3.63, 3.8) is 0 Å². The maximum atomic E-state index is 5.73. The van der Waals surface area contributed by atoms with Crippen LogP contribution in [0.3, 0.4) is 0 Å². The second-order valence-corrected chi connectivity index (χ2v) is 6.36. The van der Waals surface area contributed by atoms with E-state index in [0.29, 0.717) is 6.04 Å². The minimum Gasteiger partial charge on any atom is -0.493 e. The molecule has 1 saturated heterocycles. The molecule has 1 saturated carbocycles. The SMILES string of the molecule is COc1cccc([C@@H](C2CCCC2)N2CCNCC2)c1OC. The zero-order chi connectivity index (χ0) is 15.4. The first-order valence-corrected chi connectivity index (χ1v) is 8.51. The standard InChI is InChI=1S/C18H28N2O2/c1-21-16-9-5-8-15(18(16)22-2)17(14-6-3-4-7-14)20-12-10-19-11-13-20/h5,8-9,14,17,19H,3-4,6-7,10-13H2,1-2H3/t17-/m1/s1. The number of hydrogen-bond donors (Lipinski definition) is 1. The highest BCUT2D eigenvalue weighted by Crippen LogP contribution is 2.45. The van der Waals surface area contributed by atoms with E-state index in [1.54, 1.807) is 14.2 Å². The van der Waals surface area contributed by atoms with E-state index in [1.165, 1.54) is 31.2 Å². The molecule has 1 aliphatic heterocycles. The number of nitrogens with one attached hydrogen (secondary N) is 1. The molecular weight excluding hydrogens is 276 g/mol. The van der Waals surface area contributed by atoms with Crippen LogP contribution in [-0.4, -0.2) is 45.3 Å². The second-order valence-electron chi connectivity index (χ2n) is 6.36. The van der Waals surface area contributed by atoms with Crippen LogP contribution in [0.2, 0.25) is 0 Å². The quantitative estimate of drug-likeness (QED) is 0.907. The number of rotatable bonds is 5. The molecule has 1 atom stereocenters. The Morgan fingerprint density at radius 3 is 2.45 bits per heavy atom. The van der Waals surface area contributed by atoms with Gasteiger partial charge in [0.1, 0.15) is 0 Å². The third-order valence-electron chi connectivity index (χ3n) is 5.14. The van der Waals surface area contributed by atoms with Crippen LogP contribution in [0.15, 0.2) is 18.2 Å². The summed E-state index contributed by atoms with van der Waals surface area (Å²) in [4.78, 5) is 2.64. The van der Waals surface area contributed by atoms with E-state index in [9.17, 15) is 0 Å². The molecule has 0 radical (unpaired) electrons. The van der Waals surface area contributed by atoms with Crippen molar-refractivity contribution in [1.29, 1.82) is 0 Å². The maximum absolute atomic E-state index is 5.73. The summed E-state index contributed by atoms with van der Waals surface area (Å²) in [5.41, 5.74) is 1.30. The summed E-state index contributed by atoms with van der Waals surface area (Å²) in [6, 6.07) is 6.77. The van der Waals surface area contributed by atoms with Crippen LogP contribution in [0, 0.1) is 5.92 Å². The first-order chi connectivity index (χ1) is 10.8. The van der Waals surface area contributed by atoms with E-state index in [0.717, 1.165) is 43.6 Å². The minimum atomic E-state index is 0.453. The molecule has 0 amide bonds. The van der Waals surface area contributed by atoms with Gasteiger partial charge in [-0.15, -0.1) is 0 Å². The number of hydrogen-bond acceptors (Lipinski definition) is 4. The molecule has 0 aromatic heterocycles. The van der Waals surface area contributed by atoms with Crippen molar-refractivity contribution >= 4 is 0 Å². The average molecular weight is 304 g/mol. The molecule has 0 unspecified atom stereocenters. The van der Waals surface area contributed by atoms with Gasteiger partial charge in [0, 0.05) is 37.8 Å². The fraction of sp³-hybridized carbons (Fsp3) is 0.667. The normalized spacial score (nSPS) is 21.7. The minimum absolute atomic E-state index is 0.453. The molecule has 4 nitrogen and oxygen atoms in total. The van der Waals surface area contributed by atoms with Crippen LogP contribution in [0.1, 0.15) is 37.3 Å². The number of ether oxygens (including phenoxy) is 2.